The van der Waals surface area contributed by atoms with Crippen LogP contribution >= 0.6 is 15.9 Å². The van der Waals surface area contributed by atoms with Crippen molar-refractivity contribution in [3.8, 4) is 0 Å². The Morgan fingerprint density at radius 2 is 2.25 bits per heavy atom. The number of hydrogen-bond acceptors (Lipinski definition) is 2. The molecule has 0 aromatic carbocycles. The van der Waals surface area contributed by atoms with Crippen LogP contribution in [0.3, 0.4) is 0 Å². The van der Waals surface area contributed by atoms with Gasteiger partial charge in [0.25, 0.3) is 5.91 Å². The van der Waals surface area contributed by atoms with E-state index in [1.54, 1.807) is 0 Å². The molecule has 0 bridgehead atoms. The zero-order chi connectivity index (χ0) is 14.7. The van der Waals surface area contributed by atoms with E-state index in [4.69, 9.17) is 5.73 Å². The van der Waals surface area contributed by atoms with Crippen molar-refractivity contribution in [1.29, 1.82) is 0 Å². The molecule has 1 aromatic rings. The first kappa shape index (κ1) is 15.6. The topological polar surface area (TPSA) is 51.3 Å². The number of hydrogen-bond donors (Lipinski definition) is 1. The van der Waals surface area contributed by atoms with Crippen LogP contribution in [0.4, 0.5) is 0 Å². The van der Waals surface area contributed by atoms with Gasteiger partial charge in [-0.25, -0.2) is 0 Å². The number of carbonyl (C=O) groups excluding carboxylic acids is 1. The zero-order valence-electron chi connectivity index (χ0n) is 12.3. The summed E-state index contributed by atoms with van der Waals surface area (Å²) in [7, 11) is 0. The van der Waals surface area contributed by atoms with E-state index in [1.807, 2.05) is 21.7 Å². The quantitative estimate of drug-likeness (QED) is 0.895. The summed E-state index contributed by atoms with van der Waals surface area (Å²) in [5.41, 5.74) is 6.63. The highest BCUT2D eigenvalue weighted by Crippen LogP contribution is 2.30. The molecule has 1 heterocycles. The Morgan fingerprint density at radius 3 is 2.85 bits per heavy atom. The van der Waals surface area contributed by atoms with Crippen LogP contribution in [0.15, 0.2) is 16.7 Å². The van der Waals surface area contributed by atoms with Crippen molar-refractivity contribution in [3.63, 3.8) is 0 Å². The average Bonchev–Trinajstić information content (AvgIpc) is 3.05. The predicted octanol–water partition coefficient (Wildman–Crippen LogP) is 2.86. The van der Waals surface area contributed by atoms with E-state index in [2.05, 4.69) is 29.8 Å². The standard InChI is InChI=1S/C15H24BrN3O/c1-3-18-10-12(16)8-14(18)15(20)19(4-2)13-7-5-6-11(13)9-17/h8,10-11,13H,3-7,9,17H2,1-2H3. The number of rotatable bonds is 5. The largest absolute Gasteiger partial charge is 0.343 e. The monoisotopic (exact) mass is 341 g/mol. The number of amides is 1. The molecule has 2 unspecified atom stereocenters. The highest BCUT2D eigenvalue weighted by molar-refractivity contribution is 9.10. The third-order valence-corrected chi connectivity index (χ3v) is 4.78. The maximum Gasteiger partial charge on any atom is 0.270 e. The third kappa shape index (κ3) is 2.93. The summed E-state index contributed by atoms with van der Waals surface area (Å²) >= 11 is 3.46. The molecule has 0 saturated heterocycles. The zero-order valence-corrected chi connectivity index (χ0v) is 13.9. The highest BCUT2D eigenvalue weighted by Gasteiger charge is 2.34. The summed E-state index contributed by atoms with van der Waals surface area (Å²) < 4.78 is 2.96. The molecule has 0 radical (unpaired) electrons. The maximum absolute atomic E-state index is 12.9. The minimum atomic E-state index is 0.130. The molecule has 1 saturated carbocycles. The van der Waals surface area contributed by atoms with E-state index in [1.165, 1.54) is 6.42 Å². The van der Waals surface area contributed by atoms with Gasteiger partial charge in [0.2, 0.25) is 0 Å². The van der Waals surface area contributed by atoms with Crippen LogP contribution in [-0.2, 0) is 6.54 Å². The fraction of sp³-hybridized carbons (Fsp3) is 0.667. The van der Waals surface area contributed by atoms with Gasteiger partial charge < -0.3 is 15.2 Å². The Balaban J connectivity index is 2.24. The lowest BCUT2D eigenvalue weighted by Crippen LogP contribution is -2.44. The minimum absolute atomic E-state index is 0.130. The number of halogens is 1. The van der Waals surface area contributed by atoms with Gasteiger partial charge in [-0.1, -0.05) is 6.42 Å². The van der Waals surface area contributed by atoms with Crippen LogP contribution in [0.5, 0.6) is 0 Å². The van der Waals surface area contributed by atoms with E-state index in [0.29, 0.717) is 18.5 Å². The summed E-state index contributed by atoms with van der Waals surface area (Å²) in [5, 5.41) is 0. The fourth-order valence-electron chi connectivity index (χ4n) is 3.29. The van der Waals surface area contributed by atoms with Crippen molar-refractivity contribution in [2.24, 2.45) is 11.7 Å². The first-order valence-electron chi connectivity index (χ1n) is 7.49. The maximum atomic E-state index is 12.9. The van der Waals surface area contributed by atoms with Crippen LogP contribution in [0.1, 0.15) is 43.6 Å². The first-order chi connectivity index (χ1) is 9.62. The van der Waals surface area contributed by atoms with Gasteiger partial charge in [-0.3, -0.25) is 4.79 Å². The minimum Gasteiger partial charge on any atom is -0.343 e. The van der Waals surface area contributed by atoms with E-state index in [0.717, 1.165) is 36.1 Å². The fourth-order valence-corrected chi connectivity index (χ4v) is 3.76. The van der Waals surface area contributed by atoms with Gasteiger partial charge in [0.05, 0.1) is 0 Å². The summed E-state index contributed by atoms with van der Waals surface area (Å²) in [5.74, 6) is 0.581. The van der Waals surface area contributed by atoms with Crippen molar-refractivity contribution in [1.82, 2.24) is 9.47 Å². The van der Waals surface area contributed by atoms with Crippen molar-refractivity contribution in [3.05, 3.63) is 22.4 Å². The number of nitrogens with zero attached hydrogens (tertiary/aromatic N) is 2. The van der Waals surface area contributed by atoms with Crippen LogP contribution in [0.25, 0.3) is 0 Å². The molecule has 0 spiro atoms. The highest BCUT2D eigenvalue weighted by atomic mass is 79.9. The molecule has 112 valence electrons. The second kappa shape index (κ2) is 6.76. The molecule has 2 atom stereocenters. The molecule has 4 nitrogen and oxygen atoms in total. The SMILES string of the molecule is CCN(C(=O)c1cc(Br)cn1CC)C1CCCC1CN. The Morgan fingerprint density at radius 1 is 1.50 bits per heavy atom. The molecule has 0 aliphatic heterocycles. The molecule has 1 amide bonds. The number of aryl methyl sites for hydroxylation is 1. The van der Waals surface area contributed by atoms with Gasteiger partial charge >= 0.3 is 0 Å². The van der Waals surface area contributed by atoms with Crippen molar-refractivity contribution < 1.29 is 4.79 Å². The van der Waals surface area contributed by atoms with Gasteiger partial charge in [0.15, 0.2) is 0 Å². The number of nitrogens with two attached hydrogens (primary N) is 1. The van der Waals surface area contributed by atoms with Gasteiger partial charge in [0.1, 0.15) is 5.69 Å². The molecule has 1 aromatic heterocycles. The van der Waals surface area contributed by atoms with E-state index < -0.39 is 0 Å². The van der Waals surface area contributed by atoms with Crippen molar-refractivity contribution >= 4 is 21.8 Å². The van der Waals surface area contributed by atoms with E-state index in [-0.39, 0.29) is 5.91 Å². The molecule has 1 fully saturated rings. The Kier molecular flexibility index (Phi) is 5.27. The lowest BCUT2D eigenvalue weighted by atomic mass is 10.0. The summed E-state index contributed by atoms with van der Waals surface area (Å²) in [6.45, 7) is 6.32. The molecule has 2 N–H and O–H groups in total. The molecule has 1 aliphatic carbocycles. The molecule has 2 rings (SSSR count). The van der Waals surface area contributed by atoms with Crippen molar-refractivity contribution in [2.45, 2.75) is 45.7 Å². The predicted molar refractivity (Wildman–Crippen MR) is 84.7 cm³/mol. The van der Waals surface area contributed by atoms with Crippen LogP contribution in [0.2, 0.25) is 0 Å². The van der Waals surface area contributed by atoms with Gasteiger partial charge in [-0.05, 0) is 61.1 Å². The van der Waals surface area contributed by atoms with Gasteiger partial charge in [-0.2, -0.15) is 0 Å². The lowest BCUT2D eigenvalue weighted by molar-refractivity contribution is 0.0641. The summed E-state index contributed by atoms with van der Waals surface area (Å²) in [4.78, 5) is 14.9. The van der Waals surface area contributed by atoms with E-state index >= 15 is 0 Å². The van der Waals surface area contributed by atoms with Crippen LogP contribution in [0, 0.1) is 5.92 Å². The van der Waals surface area contributed by atoms with Gasteiger partial charge in [-0.15, -0.1) is 0 Å². The molecule has 20 heavy (non-hydrogen) atoms. The summed E-state index contributed by atoms with van der Waals surface area (Å²) in [6.07, 6.45) is 5.36. The smallest absolute Gasteiger partial charge is 0.270 e. The van der Waals surface area contributed by atoms with Crippen molar-refractivity contribution in [2.75, 3.05) is 13.1 Å². The molecular formula is C15H24BrN3O. The summed E-state index contributed by atoms with van der Waals surface area (Å²) in [6, 6.07) is 2.22. The second-order valence-corrected chi connectivity index (χ2v) is 6.33. The lowest BCUT2D eigenvalue weighted by Gasteiger charge is -2.32. The first-order valence-corrected chi connectivity index (χ1v) is 8.28. The molecule has 5 heteroatoms. The second-order valence-electron chi connectivity index (χ2n) is 5.41. The number of carbonyl (C=O) groups is 1. The van der Waals surface area contributed by atoms with Gasteiger partial charge in [0, 0.05) is 29.8 Å². The average molecular weight is 342 g/mol. The molecular weight excluding hydrogens is 318 g/mol. The Labute approximate surface area is 129 Å². The normalized spacial score (nSPS) is 22.2. The Hall–Kier alpha value is -0.810. The number of aromatic nitrogens is 1. The Bertz CT molecular complexity index is 472. The molecule has 1 aliphatic rings. The van der Waals surface area contributed by atoms with E-state index in [9.17, 15) is 4.79 Å². The van der Waals surface area contributed by atoms with Crippen LogP contribution < -0.4 is 5.73 Å². The van der Waals surface area contributed by atoms with Crippen LogP contribution in [-0.4, -0.2) is 34.5 Å². The third-order valence-electron chi connectivity index (χ3n) is 4.35.